The minimum Gasteiger partial charge on any atom is -0.497 e. The molecule has 0 radical (unpaired) electrons. The highest BCUT2D eigenvalue weighted by Crippen LogP contribution is 2.34. The maximum atomic E-state index is 13.2. The zero-order chi connectivity index (χ0) is 26.7. The second kappa shape index (κ2) is 10.2. The van der Waals surface area contributed by atoms with E-state index in [1.807, 2.05) is 54.6 Å². The first-order valence-electron chi connectivity index (χ1n) is 12.1. The van der Waals surface area contributed by atoms with Crippen LogP contribution in [0.15, 0.2) is 85.3 Å². The largest absolute Gasteiger partial charge is 0.497 e. The SMILES string of the molecule is COc1ccc(-n2nc(C(C)(C)C)cc2NC(=O)Nc2ccc(Oc3ccncn3)c3ccccc23)cc1. The average Bonchev–Trinajstić information content (AvgIpc) is 3.35. The Balaban J connectivity index is 1.43. The average molecular weight is 509 g/mol. The van der Waals surface area contributed by atoms with E-state index in [0.29, 0.717) is 23.1 Å². The fourth-order valence-electron chi connectivity index (χ4n) is 3.95. The molecular formula is C29H28N6O3. The number of anilines is 2. The van der Waals surface area contributed by atoms with Gasteiger partial charge in [0, 0.05) is 34.5 Å². The van der Waals surface area contributed by atoms with Crippen molar-refractivity contribution in [1.29, 1.82) is 0 Å². The molecule has 0 aliphatic carbocycles. The Hall–Kier alpha value is -4.92. The van der Waals surface area contributed by atoms with Crippen molar-refractivity contribution >= 4 is 28.3 Å². The van der Waals surface area contributed by atoms with Crippen molar-refractivity contribution in [3.63, 3.8) is 0 Å². The molecule has 2 N–H and O–H groups in total. The second-order valence-corrected chi connectivity index (χ2v) is 9.66. The number of hydrogen-bond acceptors (Lipinski definition) is 6. The molecule has 9 nitrogen and oxygen atoms in total. The lowest BCUT2D eigenvalue weighted by atomic mass is 9.92. The van der Waals surface area contributed by atoms with Crippen molar-refractivity contribution in [2.45, 2.75) is 26.2 Å². The lowest BCUT2D eigenvalue weighted by Gasteiger charge is -2.14. The van der Waals surface area contributed by atoms with Gasteiger partial charge in [-0.15, -0.1) is 0 Å². The monoisotopic (exact) mass is 508 g/mol. The molecule has 0 saturated carbocycles. The Morgan fingerprint density at radius 3 is 2.37 bits per heavy atom. The maximum Gasteiger partial charge on any atom is 0.324 e. The zero-order valence-corrected chi connectivity index (χ0v) is 21.6. The fourth-order valence-corrected chi connectivity index (χ4v) is 3.95. The van der Waals surface area contributed by atoms with Gasteiger partial charge in [-0.25, -0.2) is 19.4 Å². The van der Waals surface area contributed by atoms with Gasteiger partial charge in [0.05, 0.1) is 24.2 Å². The summed E-state index contributed by atoms with van der Waals surface area (Å²) in [7, 11) is 1.62. The Kier molecular flexibility index (Phi) is 6.66. The standard InChI is InChI=1S/C29H28N6O3/c1-29(2,3)25-17-26(35(34-25)19-9-11-20(37-4)12-10-19)33-28(36)32-23-13-14-24(22-8-6-5-7-21(22)23)38-27-15-16-30-18-31-27/h5-18H,1-4H3,(H2,32,33,36). The van der Waals surface area contributed by atoms with Crippen molar-refractivity contribution in [3.8, 4) is 23.1 Å². The van der Waals surface area contributed by atoms with Gasteiger partial charge in [-0.05, 0) is 36.4 Å². The van der Waals surface area contributed by atoms with E-state index in [9.17, 15) is 4.79 Å². The Morgan fingerprint density at radius 2 is 1.68 bits per heavy atom. The van der Waals surface area contributed by atoms with Crippen LogP contribution in [0.5, 0.6) is 17.4 Å². The molecule has 2 heterocycles. The topological polar surface area (TPSA) is 103 Å². The first-order chi connectivity index (χ1) is 18.3. The molecule has 0 atom stereocenters. The van der Waals surface area contributed by atoms with Crippen molar-refractivity contribution in [1.82, 2.24) is 19.7 Å². The third-order valence-corrected chi connectivity index (χ3v) is 5.94. The number of hydrogen-bond donors (Lipinski definition) is 2. The van der Waals surface area contributed by atoms with Crippen LogP contribution in [-0.2, 0) is 5.41 Å². The van der Waals surface area contributed by atoms with E-state index >= 15 is 0 Å². The molecule has 9 heteroatoms. The van der Waals surface area contributed by atoms with Gasteiger partial charge < -0.3 is 14.8 Å². The predicted octanol–water partition coefficient (Wildman–Crippen LogP) is 6.56. The van der Waals surface area contributed by atoms with Crippen LogP contribution in [0.3, 0.4) is 0 Å². The van der Waals surface area contributed by atoms with E-state index in [1.54, 1.807) is 36.2 Å². The summed E-state index contributed by atoms with van der Waals surface area (Å²) in [6, 6.07) is 22.0. The molecule has 3 aromatic carbocycles. The molecule has 38 heavy (non-hydrogen) atoms. The first-order valence-corrected chi connectivity index (χ1v) is 12.1. The van der Waals surface area contributed by atoms with Crippen LogP contribution >= 0.6 is 0 Å². The number of fused-ring (bicyclic) bond motifs is 1. The molecule has 5 rings (SSSR count). The lowest BCUT2D eigenvalue weighted by Crippen LogP contribution is -2.21. The molecule has 0 unspecified atom stereocenters. The summed E-state index contributed by atoms with van der Waals surface area (Å²) in [5, 5.41) is 12.4. The van der Waals surface area contributed by atoms with Crippen LogP contribution in [0, 0.1) is 0 Å². The van der Waals surface area contributed by atoms with Gasteiger partial charge in [0.1, 0.15) is 23.6 Å². The number of urea groups is 1. The minimum absolute atomic E-state index is 0.208. The van der Waals surface area contributed by atoms with E-state index < -0.39 is 6.03 Å². The van der Waals surface area contributed by atoms with Crippen molar-refractivity contribution in [3.05, 3.63) is 91.0 Å². The molecule has 0 saturated heterocycles. The van der Waals surface area contributed by atoms with Crippen LogP contribution in [0.25, 0.3) is 16.5 Å². The molecule has 192 valence electrons. The zero-order valence-electron chi connectivity index (χ0n) is 21.6. The van der Waals surface area contributed by atoms with E-state index in [0.717, 1.165) is 27.9 Å². The molecule has 0 spiro atoms. The number of carbonyl (C=O) groups excluding carboxylic acids is 1. The predicted molar refractivity (Wildman–Crippen MR) is 148 cm³/mol. The number of benzene rings is 3. The number of amides is 2. The number of carbonyl (C=O) groups is 1. The number of methoxy groups -OCH3 is 1. The van der Waals surface area contributed by atoms with Gasteiger partial charge >= 0.3 is 6.03 Å². The highest BCUT2D eigenvalue weighted by Gasteiger charge is 2.22. The normalized spacial score (nSPS) is 11.3. The van der Waals surface area contributed by atoms with E-state index in [1.165, 1.54) is 6.33 Å². The Labute approximate surface area is 220 Å². The van der Waals surface area contributed by atoms with Gasteiger partial charge in [-0.3, -0.25) is 5.32 Å². The van der Waals surface area contributed by atoms with Crippen LogP contribution in [0.2, 0.25) is 0 Å². The van der Waals surface area contributed by atoms with Crippen LogP contribution < -0.4 is 20.1 Å². The summed E-state index contributed by atoms with van der Waals surface area (Å²) in [5.74, 6) is 2.34. The van der Waals surface area contributed by atoms with Crippen molar-refractivity contribution in [2.24, 2.45) is 0 Å². The lowest BCUT2D eigenvalue weighted by molar-refractivity contribution is 0.262. The van der Waals surface area contributed by atoms with Gasteiger partial charge in [0.15, 0.2) is 0 Å². The molecular weight excluding hydrogens is 480 g/mol. The highest BCUT2D eigenvalue weighted by molar-refractivity contribution is 6.07. The first kappa shape index (κ1) is 24.8. The molecule has 5 aromatic rings. The van der Waals surface area contributed by atoms with Gasteiger partial charge in [-0.2, -0.15) is 5.10 Å². The van der Waals surface area contributed by atoms with E-state index in [4.69, 9.17) is 14.6 Å². The summed E-state index contributed by atoms with van der Waals surface area (Å²) >= 11 is 0. The summed E-state index contributed by atoms with van der Waals surface area (Å²) in [5.41, 5.74) is 2.08. The molecule has 0 aliphatic heterocycles. The number of rotatable bonds is 6. The van der Waals surface area contributed by atoms with Crippen LogP contribution in [0.4, 0.5) is 16.3 Å². The third-order valence-electron chi connectivity index (χ3n) is 5.94. The summed E-state index contributed by atoms with van der Waals surface area (Å²) in [6.45, 7) is 6.23. The van der Waals surface area contributed by atoms with Crippen molar-refractivity contribution < 1.29 is 14.3 Å². The van der Waals surface area contributed by atoms with Crippen LogP contribution in [0.1, 0.15) is 26.5 Å². The fraction of sp³-hybridized carbons (Fsp3) is 0.172. The molecule has 0 fully saturated rings. The van der Waals surface area contributed by atoms with Gasteiger partial charge in [0.2, 0.25) is 5.88 Å². The third kappa shape index (κ3) is 5.27. The van der Waals surface area contributed by atoms with Crippen LogP contribution in [-0.4, -0.2) is 32.9 Å². The van der Waals surface area contributed by atoms with Gasteiger partial charge in [0.25, 0.3) is 0 Å². The number of ether oxygens (including phenoxy) is 2. The van der Waals surface area contributed by atoms with Gasteiger partial charge in [-0.1, -0.05) is 45.0 Å². The van der Waals surface area contributed by atoms with E-state index in [2.05, 4.69) is 41.4 Å². The summed E-state index contributed by atoms with van der Waals surface area (Å²) < 4.78 is 13.0. The second-order valence-electron chi connectivity index (χ2n) is 9.66. The molecule has 2 amide bonds. The Bertz CT molecular complexity index is 1570. The summed E-state index contributed by atoms with van der Waals surface area (Å²) in [4.78, 5) is 21.3. The Morgan fingerprint density at radius 1 is 0.921 bits per heavy atom. The molecule has 2 aromatic heterocycles. The quantitative estimate of drug-likeness (QED) is 0.269. The number of nitrogens with zero attached hydrogens (tertiary/aromatic N) is 4. The minimum atomic E-state index is -0.394. The molecule has 0 bridgehead atoms. The molecule has 0 aliphatic rings. The smallest absolute Gasteiger partial charge is 0.324 e. The van der Waals surface area contributed by atoms with Crippen molar-refractivity contribution in [2.75, 3.05) is 17.7 Å². The maximum absolute atomic E-state index is 13.2. The summed E-state index contributed by atoms with van der Waals surface area (Å²) in [6.07, 6.45) is 3.05. The van der Waals surface area contributed by atoms with E-state index in [-0.39, 0.29) is 5.41 Å². The highest BCUT2D eigenvalue weighted by atomic mass is 16.5. The number of nitrogens with one attached hydrogen (secondary N) is 2. The number of aromatic nitrogens is 4.